The number of carbonyl (C=O) groups is 1. The second kappa shape index (κ2) is 6.81. The number of nitrogens with one attached hydrogen (secondary N) is 1. The van der Waals surface area contributed by atoms with Gasteiger partial charge in [0.25, 0.3) is 5.91 Å². The SMILES string of the molecule is NC(=S)c1ccccc1NC(=O)COc1ccc(F)cc1. The van der Waals surface area contributed by atoms with Crippen LogP contribution in [0, 0.1) is 5.82 Å². The normalized spacial score (nSPS) is 9.95. The van der Waals surface area contributed by atoms with E-state index in [4.69, 9.17) is 22.7 Å². The van der Waals surface area contributed by atoms with Gasteiger partial charge in [-0.1, -0.05) is 24.4 Å². The number of thiocarbonyl (C=S) groups is 1. The Balaban J connectivity index is 1.96. The maximum atomic E-state index is 12.7. The molecule has 3 N–H and O–H groups in total. The van der Waals surface area contributed by atoms with Gasteiger partial charge in [-0.05, 0) is 36.4 Å². The topological polar surface area (TPSA) is 64.3 Å². The van der Waals surface area contributed by atoms with Gasteiger partial charge in [0.2, 0.25) is 0 Å². The highest BCUT2D eigenvalue weighted by molar-refractivity contribution is 7.80. The molecule has 0 aliphatic rings. The van der Waals surface area contributed by atoms with E-state index in [1.807, 2.05) is 0 Å². The Bertz CT molecular complexity index is 659. The smallest absolute Gasteiger partial charge is 0.262 e. The van der Waals surface area contributed by atoms with Crippen molar-refractivity contribution in [3.63, 3.8) is 0 Å². The van der Waals surface area contributed by atoms with Crippen LogP contribution in [0.15, 0.2) is 48.5 Å². The molecule has 0 fully saturated rings. The first-order chi connectivity index (χ1) is 10.1. The zero-order valence-corrected chi connectivity index (χ0v) is 11.8. The molecule has 0 heterocycles. The summed E-state index contributed by atoms with van der Waals surface area (Å²) in [6, 6.07) is 12.4. The van der Waals surface area contributed by atoms with E-state index < -0.39 is 0 Å². The summed E-state index contributed by atoms with van der Waals surface area (Å²) in [4.78, 5) is 12.0. The number of anilines is 1. The molecule has 0 spiro atoms. The van der Waals surface area contributed by atoms with Crippen LogP contribution in [0.2, 0.25) is 0 Å². The lowest BCUT2D eigenvalue weighted by Gasteiger charge is -2.10. The van der Waals surface area contributed by atoms with Gasteiger partial charge in [-0.15, -0.1) is 0 Å². The number of benzene rings is 2. The summed E-state index contributed by atoms with van der Waals surface area (Å²) in [7, 11) is 0. The summed E-state index contributed by atoms with van der Waals surface area (Å²) in [5, 5.41) is 2.67. The second-order valence-electron chi connectivity index (χ2n) is 4.20. The van der Waals surface area contributed by atoms with Gasteiger partial charge in [0.05, 0.1) is 5.69 Å². The van der Waals surface area contributed by atoms with Crippen molar-refractivity contribution in [1.82, 2.24) is 0 Å². The van der Waals surface area contributed by atoms with Gasteiger partial charge in [0, 0.05) is 5.56 Å². The molecule has 0 aliphatic carbocycles. The highest BCUT2D eigenvalue weighted by atomic mass is 32.1. The molecule has 0 aliphatic heterocycles. The van der Waals surface area contributed by atoms with Crippen molar-refractivity contribution in [3.8, 4) is 5.75 Å². The van der Waals surface area contributed by atoms with Gasteiger partial charge in [-0.3, -0.25) is 4.79 Å². The van der Waals surface area contributed by atoms with E-state index in [2.05, 4.69) is 5.32 Å². The molecular formula is C15H13FN2O2S. The fraction of sp³-hybridized carbons (Fsp3) is 0.0667. The van der Waals surface area contributed by atoms with Crippen molar-refractivity contribution in [1.29, 1.82) is 0 Å². The van der Waals surface area contributed by atoms with Crippen molar-refractivity contribution in [2.24, 2.45) is 5.73 Å². The van der Waals surface area contributed by atoms with Crippen molar-refractivity contribution >= 4 is 28.8 Å². The lowest BCUT2D eigenvalue weighted by molar-refractivity contribution is -0.118. The molecule has 1 amide bonds. The third-order valence-corrected chi connectivity index (χ3v) is 2.87. The predicted octanol–water partition coefficient (Wildman–Crippen LogP) is 2.48. The van der Waals surface area contributed by atoms with Crippen LogP contribution in [0.3, 0.4) is 0 Å². The number of carbonyl (C=O) groups excluding carboxylic acids is 1. The monoisotopic (exact) mass is 304 g/mol. The van der Waals surface area contributed by atoms with Gasteiger partial charge in [-0.25, -0.2) is 4.39 Å². The van der Waals surface area contributed by atoms with Gasteiger partial charge < -0.3 is 15.8 Å². The highest BCUT2D eigenvalue weighted by Gasteiger charge is 2.08. The molecule has 0 saturated carbocycles. The summed E-state index contributed by atoms with van der Waals surface area (Å²) < 4.78 is 18.0. The lowest BCUT2D eigenvalue weighted by Crippen LogP contribution is -2.22. The molecule has 21 heavy (non-hydrogen) atoms. The Kier molecular flexibility index (Phi) is 4.84. The summed E-state index contributed by atoms with van der Waals surface area (Å²) >= 11 is 4.92. The van der Waals surface area contributed by atoms with E-state index in [0.717, 1.165) is 0 Å². The number of amides is 1. The highest BCUT2D eigenvalue weighted by Crippen LogP contribution is 2.15. The maximum absolute atomic E-state index is 12.7. The number of rotatable bonds is 5. The Labute approximate surface area is 126 Å². The third kappa shape index (κ3) is 4.25. The number of para-hydroxylation sites is 1. The van der Waals surface area contributed by atoms with E-state index in [-0.39, 0.29) is 23.3 Å². The van der Waals surface area contributed by atoms with E-state index in [1.165, 1.54) is 24.3 Å². The van der Waals surface area contributed by atoms with E-state index in [0.29, 0.717) is 17.0 Å². The summed E-state index contributed by atoms with van der Waals surface area (Å²) in [6.45, 7) is -0.197. The zero-order valence-electron chi connectivity index (χ0n) is 11.0. The quantitative estimate of drug-likeness (QED) is 0.833. The van der Waals surface area contributed by atoms with Crippen LogP contribution in [0.5, 0.6) is 5.75 Å². The first-order valence-electron chi connectivity index (χ1n) is 6.13. The standard InChI is InChI=1S/C15H13FN2O2S/c16-10-5-7-11(8-6-10)20-9-14(19)18-13-4-2-1-3-12(13)15(17)21/h1-8H,9H2,(H2,17,21)(H,18,19). The van der Waals surface area contributed by atoms with Crippen LogP contribution >= 0.6 is 12.2 Å². The minimum atomic E-state index is -0.364. The van der Waals surface area contributed by atoms with Crippen molar-refractivity contribution < 1.29 is 13.9 Å². The van der Waals surface area contributed by atoms with Gasteiger partial charge in [0.1, 0.15) is 16.6 Å². The molecule has 0 aromatic heterocycles. The van der Waals surface area contributed by atoms with Crippen LogP contribution in [-0.2, 0) is 4.79 Å². The molecular weight excluding hydrogens is 291 g/mol. The summed E-state index contributed by atoms with van der Waals surface area (Å²) in [5.74, 6) is -0.311. The number of ether oxygens (including phenoxy) is 1. The van der Waals surface area contributed by atoms with Crippen molar-refractivity contribution in [3.05, 3.63) is 59.9 Å². The minimum absolute atomic E-state index is 0.197. The lowest BCUT2D eigenvalue weighted by atomic mass is 10.2. The van der Waals surface area contributed by atoms with Gasteiger partial charge in [-0.2, -0.15) is 0 Å². The average Bonchev–Trinajstić information content (AvgIpc) is 2.47. The van der Waals surface area contributed by atoms with Crippen LogP contribution in [-0.4, -0.2) is 17.5 Å². The van der Waals surface area contributed by atoms with E-state index in [1.54, 1.807) is 24.3 Å². The summed E-state index contributed by atoms with van der Waals surface area (Å²) in [6.07, 6.45) is 0. The van der Waals surface area contributed by atoms with Gasteiger partial charge >= 0.3 is 0 Å². The third-order valence-electron chi connectivity index (χ3n) is 2.65. The number of halogens is 1. The number of nitrogens with two attached hydrogens (primary N) is 1. The Morgan fingerprint density at radius 3 is 2.52 bits per heavy atom. The first kappa shape index (κ1) is 14.9. The zero-order chi connectivity index (χ0) is 15.2. The first-order valence-corrected chi connectivity index (χ1v) is 6.54. The molecule has 4 nitrogen and oxygen atoms in total. The van der Waals surface area contributed by atoms with Crippen molar-refractivity contribution in [2.75, 3.05) is 11.9 Å². The Hall–Kier alpha value is -2.47. The predicted molar refractivity (Wildman–Crippen MR) is 82.9 cm³/mol. The molecule has 2 aromatic rings. The molecule has 0 atom stereocenters. The van der Waals surface area contributed by atoms with Crippen molar-refractivity contribution in [2.45, 2.75) is 0 Å². The van der Waals surface area contributed by atoms with Crippen LogP contribution in [0.25, 0.3) is 0 Å². The van der Waals surface area contributed by atoms with Crippen LogP contribution in [0.4, 0.5) is 10.1 Å². The number of hydrogen-bond donors (Lipinski definition) is 2. The number of hydrogen-bond acceptors (Lipinski definition) is 3. The molecule has 108 valence electrons. The largest absolute Gasteiger partial charge is 0.484 e. The maximum Gasteiger partial charge on any atom is 0.262 e. The fourth-order valence-corrected chi connectivity index (χ4v) is 1.85. The fourth-order valence-electron chi connectivity index (χ4n) is 1.67. The second-order valence-corrected chi connectivity index (χ2v) is 4.64. The molecule has 0 bridgehead atoms. The molecule has 2 aromatic carbocycles. The van der Waals surface area contributed by atoms with Crippen LogP contribution < -0.4 is 15.8 Å². The Morgan fingerprint density at radius 1 is 1.19 bits per heavy atom. The molecule has 2 rings (SSSR count). The van der Waals surface area contributed by atoms with E-state index >= 15 is 0 Å². The average molecular weight is 304 g/mol. The van der Waals surface area contributed by atoms with Gasteiger partial charge in [0.15, 0.2) is 6.61 Å². The minimum Gasteiger partial charge on any atom is -0.484 e. The molecule has 0 radical (unpaired) electrons. The van der Waals surface area contributed by atoms with E-state index in [9.17, 15) is 9.18 Å². The van der Waals surface area contributed by atoms with Crippen LogP contribution in [0.1, 0.15) is 5.56 Å². The molecule has 0 unspecified atom stereocenters. The molecule has 0 saturated heterocycles. The summed E-state index contributed by atoms with van der Waals surface area (Å²) in [5.41, 5.74) is 6.69. The Morgan fingerprint density at radius 2 is 1.86 bits per heavy atom. The molecule has 6 heteroatoms.